The second kappa shape index (κ2) is 12.6. The number of phenols is 1. The van der Waals surface area contributed by atoms with Crippen LogP contribution in [0.15, 0.2) is 36.4 Å². The molecule has 0 aromatic heterocycles. The van der Waals surface area contributed by atoms with Crippen LogP contribution in [0.2, 0.25) is 0 Å². The summed E-state index contributed by atoms with van der Waals surface area (Å²) in [6.07, 6.45) is 4.27. The monoisotopic (exact) mass is 472 g/mol. The summed E-state index contributed by atoms with van der Waals surface area (Å²) >= 11 is 5.12. The summed E-state index contributed by atoms with van der Waals surface area (Å²) in [6.45, 7) is 1.21. The second-order valence-electron chi connectivity index (χ2n) is 7.40. The van der Waals surface area contributed by atoms with Crippen LogP contribution >= 0.6 is 12.2 Å². The van der Waals surface area contributed by atoms with Gasteiger partial charge in [0.2, 0.25) is 11.8 Å². The summed E-state index contributed by atoms with van der Waals surface area (Å²) in [4.78, 5) is 35.1. The van der Waals surface area contributed by atoms with Gasteiger partial charge in [0.05, 0.1) is 0 Å². The number of imide groups is 1. The molecule has 0 saturated carbocycles. The number of carbonyl (C=O) groups excluding carboxylic acids is 3. The van der Waals surface area contributed by atoms with Gasteiger partial charge in [-0.2, -0.15) is 0 Å². The zero-order valence-corrected chi connectivity index (χ0v) is 18.9. The highest BCUT2D eigenvalue weighted by Gasteiger charge is 2.16. The Morgan fingerprint density at radius 3 is 2.36 bits per heavy atom. The first-order valence-electron chi connectivity index (χ1n) is 10.3. The highest BCUT2D eigenvalue weighted by Crippen LogP contribution is 2.28. The van der Waals surface area contributed by atoms with Gasteiger partial charge in [-0.3, -0.25) is 24.9 Å². The average molecular weight is 473 g/mol. The van der Waals surface area contributed by atoms with Crippen molar-refractivity contribution in [2.75, 3.05) is 0 Å². The van der Waals surface area contributed by atoms with Crippen molar-refractivity contribution in [2.45, 2.75) is 39.0 Å². The number of benzene rings is 2. The number of hydroxylamine groups is 1. The molecule has 33 heavy (non-hydrogen) atoms. The van der Waals surface area contributed by atoms with Crippen LogP contribution in [0.25, 0.3) is 11.6 Å². The molecule has 2 aromatic rings. The maximum atomic E-state index is 13.4. The smallest absolute Gasteiger partial charge is 0.258 e. The zero-order valence-electron chi connectivity index (χ0n) is 18.1. The van der Waals surface area contributed by atoms with Gasteiger partial charge in [-0.15, -0.1) is 0 Å². The molecule has 0 atom stereocenters. The van der Waals surface area contributed by atoms with E-state index in [1.54, 1.807) is 11.5 Å². The maximum Gasteiger partial charge on any atom is 0.258 e. The molecule has 0 unspecified atom stereocenters. The molecule has 0 spiro atoms. The van der Waals surface area contributed by atoms with E-state index in [4.69, 9.17) is 17.4 Å². The molecule has 3 amide bonds. The van der Waals surface area contributed by atoms with E-state index >= 15 is 0 Å². The van der Waals surface area contributed by atoms with Crippen LogP contribution in [-0.4, -0.2) is 33.4 Å². The van der Waals surface area contributed by atoms with Gasteiger partial charge in [0.1, 0.15) is 11.6 Å². The van der Waals surface area contributed by atoms with Crippen LogP contribution in [0.5, 0.6) is 5.75 Å². The summed E-state index contributed by atoms with van der Waals surface area (Å²) in [5.41, 5.74) is 3.80. The van der Waals surface area contributed by atoms with Crippen molar-refractivity contribution in [3.05, 3.63) is 64.5 Å². The number of aryl methyl sites for hydroxylation is 1. The van der Waals surface area contributed by atoms with E-state index in [1.807, 2.05) is 0 Å². The Morgan fingerprint density at radius 2 is 1.76 bits per heavy atom. The summed E-state index contributed by atoms with van der Waals surface area (Å²) in [7, 11) is 0. The van der Waals surface area contributed by atoms with E-state index in [9.17, 15) is 23.9 Å². The first-order chi connectivity index (χ1) is 15.7. The Labute approximate surface area is 196 Å². The van der Waals surface area contributed by atoms with Crippen molar-refractivity contribution >= 4 is 47.0 Å². The third kappa shape index (κ3) is 7.89. The molecule has 0 aliphatic rings. The lowest BCUT2D eigenvalue weighted by atomic mass is 9.96. The minimum Gasteiger partial charge on any atom is -0.508 e. The molecular weight excluding hydrogens is 447 g/mol. The number of thiocarbonyl (C=S) groups is 1. The van der Waals surface area contributed by atoms with Crippen molar-refractivity contribution in [2.24, 2.45) is 0 Å². The van der Waals surface area contributed by atoms with Crippen molar-refractivity contribution in [3.63, 3.8) is 0 Å². The van der Waals surface area contributed by atoms with Crippen LogP contribution in [-0.2, 0) is 20.8 Å². The molecule has 2 rings (SSSR count). The number of hydrogen-bond acceptors (Lipinski definition) is 6. The minimum atomic E-state index is -0.667. The molecule has 0 fully saturated rings. The van der Waals surface area contributed by atoms with Crippen molar-refractivity contribution in [1.29, 1.82) is 0 Å². The van der Waals surface area contributed by atoms with Crippen molar-refractivity contribution < 1.29 is 29.1 Å². The average Bonchev–Trinajstić information content (AvgIpc) is 2.78. The largest absolute Gasteiger partial charge is 0.508 e. The number of unbranched alkanes of at least 4 members (excludes halogenated alkanes) is 2. The molecular formula is C24H25FN2O5S. The molecule has 0 saturated heterocycles. The summed E-state index contributed by atoms with van der Waals surface area (Å²) < 4.78 is 13.4. The number of aromatic hydroxyl groups is 1. The molecule has 0 radical (unpaired) electrons. The SMILES string of the molecule is CC(=O)NC(=O)C(=Cc1cc(O)c(CCCCCC(=O)NO)cc1C=S)c1ccc(F)cc1. The van der Waals surface area contributed by atoms with Crippen LogP contribution in [0.3, 0.4) is 0 Å². The lowest BCUT2D eigenvalue weighted by Crippen LogP contribution is -2.28. The van der Waals surface area contributed by atoms with E-state index in [2.05, 4.69) is 5.32 Å². The first-order valence-corrected chi connectivity index (χ1v) is 10.8. The maximum absolute atomic E-state index is 13.4. The predicted molar refractivity (Wildman–Crippen MR) is 126 cm³/mol. The highest BCUT2D eigenvalue weighted by molar-refractivity contribution is 7.79. The Balaban J connectivity index is 2.31. The van der Waals surface area contributed by atoms with E-state index in [0.717, 1.165) is 6.42 Å². The summed E-state index contributed by atoms with van der Waals surface area (Å²) in [5.74, 6) is -2.11. The highest BCUT2D eigenvalue weighted by atomic mass is 32.1. The molecule has 4 N–H and O–H groups in total. The quantitative estimate of drug-likeness (QED) is 0.105. The number of carbonyl (C=O) groups is 3. The van der Waals surface area contributed by atoms with Crippen molar-refractivity contribution in [1.82, 2.24) is 10.8 Å². The third-order valence-electron chi connectivity index (χ3n) is 4.88. The van der Waals surface area contributed by atoms with Crippen LogP contribution in [0.4, 0.5) is 4.39 Å². The van der Waals surface area contributed by atoms with Gasteiger partial charge in [-0.05, 0) is 71.9 Å². The van der Waals surface area contributed by atoms with E-state index in [1.165, 1.54) is 48.7 Å². The number of hydrogen-bond donors (Lipinski definition) is 4. The molecule has 2 aromatic carbocycles. The topological polar surface area (TPSA) is 116 Å². The van der Waals surface area contributed by atoms with Gasteiger partial charge >= 0.3 is 0 Å². The molecule has 174 valence electrons. The fourth-order valence-electron chi connectivity index (χ4n) is 3.22. The Bertz CT molecular complexity index is 1070. The van der Waals surface area contributed by atoms with Gasteiger partial charge in [-0.1, -0.05) is 30.8 Å². The predicted octanol–water partition coefficient (Wildman–Crippen LogP) is 3.69. The van der Waals surface area contributed by atoms with E-state index < -0.39 is 23.5 Å². The molecule has 7 nitrogen and oxygen atoms in total. The summed E-state index contributed by atoms with van der Waals surface area (Å²) in [5, 5.41) is 22.7. The second-order valence-corrected chi connectivity index (χ2v) is 7.63. The number of phenolic OH excluding ortho intramolecular Hbond substituents is 1. The van der Waals surface area contributed by atoms with Crippen LogP contribution < -0.4 is 10.8 Å². The molecule has 0 heterocycles. The normalized spacial score (nSPS) is 11.1. The lowest BCUT2D eigenvalue weighted by molar-refractivity contribution is -0.129. The standard InChI is InChI=1S/C24H25FN2O5S/c1-15(28)26-24(31)21(16-7-9-20(25)10-8-16)12-18-13-22(29)17(11-19(18)14-33)5-3-2-4-6-23(30)27-32/h7-14,29,32H,2-6H2,1H3,(H,27,30)(H,26,28,31). The Hall–Kier alpha value is -3.43. The van der Waals surface area contributed by atoms with Crippen LogP contribution in [0.1, 0.15) is 54.9 Å². The number of nitrogens with one attached hydrogen (secondary N) is 2. The lowest BCUT2D eigenvalue weighted by Gasteiger charge is -2.12. The summed E-state index contributed by atoms with van der Waals surface area (Å²) in [6, 6.07) is 8.45. The van der Waals surface area contributed by atoms with Crippen molar-refractivity contribution in [3.8, 4) is 5.75 Å². The zero-order chi connectivity index (χ0) is 24.4. The molecule has 0 aliphatic heterocycles. The number of halogens is 1. The van der Waals surface area contributed by atoms with E-state index in [0.29, 0.717) is 41.5 Å². The van der Waals surface area contributed by atoms with Crippen LogP contribution in [0, 0.1) is 5.82 Å². The van der Waals surface area contributed by atoms with E-state index in [-0.39, 0.29) is 17.7 Å². The number of rotatable bonds is 10. The molecule has 0 bridgehead atoms. The first kappa shape index (κ1) is 25.8. The fourth-order valence-corrected chi connectivity index (χ4v) is 3.43. The Kier molecular flexibility index (Phi) is 9.84. The third-order valence-corrected chi connectivity index (χ3v) is 5.13. The minimum absolute atomic E-state index is 0.0142. The number of amides is 3. The molecule has 0 aliphatic carbocycles. The molecule has 9 heteroatoms. The van der Waals surface area contributed by atoms with Gasteiger partial charge in [0.15, 0.2) is 0 Å². The van der Waals surface area contributed by atoms with Gasteiger partial charge in [-0.25, -0.2) is 9.87 Å². The van der Waals surface area contributed by atoms with Gasteiger partial charge < -0.3 is 5.11 Å². The van der Waals surface area contributed by atoms with Gasteiger partial charge in [0.25, 0.3) is 5.91 Å². The fraction of sp³-hybridized carbons (Fsp3) is 0.250. The van der Waals surface area contributed by atoms with Gasteiger partial charge in [0, 0.05) is 24.3 Å². The Morgan fingerprint density at radius 1 is 1.06 bits per heavy atom.